The summed E-state index contributed by atoms with van der Waals surface area (Å²) in [5.41, 5.74) is 1.64. The van der Waals surface area contributed by atoms with Crippen LogP contribution in [0.4, 0.5) is 0 Å². The number of carboxylic acid groups (broad SMARTS) is 1. The maximum atomic E-state index is 11.0. The van der Waals surface area contributed by atoms with Gasteiger partial charge < -0.3 is 14.3 Å². The monoisotopic (exact) mass is 218 g/mol. The molecule has 0 unspecified atom stereocenters. The summed E-state index contributed by atoms with van der Waals surface area (Å²) in [5.74, 6) is -0.668. The fourth-order valence-corrected chi connectivity index (χ4v) is 1.57. The number of ether oxygens (including phenoxy) is 1. The number of carboxylic acids is 1. The molecule has 0 bridgehead atoms. The number of rotatable bonds is 3. The molecule has 1 heterocycles. The van der Waals surface area contributed by atoms with Crippen molar-refractivity contribution in [1.29, 1.82) is 0 Å². The Bertz CT molecular complexity index is 500. The Morgan fingerprint density at radius 2 is 2.19 bits per heavy atom. The molecule has 0 atom stereocenters. The van der Waals surface area contributed by atoms with E-state index < -0.39 is 5.97 Å². The SMILES string of the molecule is COc1c(C(=O)O)cccc1-c1ccoc1. The van der Waals surface area contributed by atoms with E-state index in [-0.39, 0.29) is 5.56 Å². The molecule has 0 aliphatic carbocycles. The second kappa shape index (κ2) is 4.10. The van der Waals surface area contributed by atoms with E-state index in [1.165, 1.54) is 19.4 Å². The fourth-order valence-electron chi connectivity index (χ4n) is 1.57. The number of hydrogen-bond acceptors (Lipinski definition) is 3. The molecule has 82 valence electrons. The van der Waals surface area contributed by atoms with Gasteiger partial charge in [0.15, 0.2) is 0 Å². The second-order valence-corrected chi connectivity index (χ2v) is 3.20. The maximum absolute atomic E-state index is 11.0. The van der Waals surface area contributed by atoms with Crippen molar-refractivity contribution in [2.45, 2.75) is 0 Å². The summed E-state index contributed by atoms with van der Waals surface area (Å²) < 4.78 is 10.1. The zero-order chi connectivity index (χ0) is 11.5. The van der Waals surface area contributed by atoms with Crippen molar-refractivity contribution in [3.63, 3.8) is 0 Å². The highest BCUT2D eigenvalue weighted by molar-refractivity contribution is 5.94. The molecule has 2 aromatic rings. The highest BCUT2D eigenvalue weighted by atomic mass is 16.5. The second-order valence-electron chi connectivity index (χ2n) is 3.20. The molecule has 1 aromatic heterocycles. The predicted molar refractivity (Wildman–Crippen MR) is 57.7 cm³/mol. The summed E-state index contributed by atoms with van der Waals surface area (Å²) in [6.45, 7) is 0. The van der Waals surface area contributed by atoms with Crippen LogP contribution >= 0.6 is 0 Å². The lowest BCUT2D eigenvalue weighted by Gasteiger charge is -2.09. The third-order valence-corrected chi connectivity index (χ3v) is 2.28. The Balaban J connectivity index is 2.62. The molecule has 0 saturated carbocycles. The Morgan fingerprint density at radius 1 is 1.38 bits per heavy atom. The van der Waals surface area contributed by atoms with Gasteiger partial charge in [-0.3, -0.25) is 0 Å². The summed E-state index contributed by atoms with van der Waals surface area (Å²) in [6.07, 6.45) is 3.08. The highest BCUT2D eigenvalue weighted by Gasteiger charge is 2.15. The fraction of sp³-hybridized carbons (Fsp3) is 0.0833. The van der Waals surface area contributed by atoms with E-state index in [0.717, 1.165) is 5.56 Å². The minimum absolute atomic E-state index is 0.140. The molecular weight excluding hydrogens is 208 g/mol. The summed E-state index contributed by atoms with van der Waals surface area (Å²) >= 11 is 0. The zero-order valence-electron chi connectivity index (χ0n) is 8.64. The first kappa shape index (κ1) is 10.3. The summed E-state index contributed by atoms with van der Waals surface area (Å²) in [4.78, 5) is 11.0. The van der Waals surface area contributed by atoms with E-state index in [9.17, 15) is 4.79 Å². The molecule has 0 saturated heterocycles. The van der Waals surface area contributed by atoms with Gasteiger partial charge in [-0.2, -0.15) is 0 Å². The standard InChI is InChI=1S/C12H10O4/c1-15-11-9(8-5-6-16-7-8)3-2-4-10(11)12(13)14/h2-7H,1H3,(H,13,14). The lowest BCUT2D eigenvalue weighted by Crippen LogP contribution is -2.01. The first-order valence-corrected chi connectivity index (χ1v) is 4.67. The van der Waals surface area contributed by atoms with Crippen molar-refractivity contribution in [3.8, 4) is 16.9 Å². The van der Waals surface area contributed by atoms with Crippen molar-refractivity contribution in [3.05, 3.63) is 42.4 Å². The van der Waals surface area contributed by atoms with Gasteiger partial charge in [-0.1, -0.05) is 12.1 Å². The van der Waals surface area contributed by atoms with Gasteiger partial charge in [0.2, 0.25) is 0 Å². The molecular formula is C12H10O4. The Kier molecular flexibility index (Phi) is 2.64. The normalized spacial score (nSPS) is 10.1. The number of furan rings is 1. The van der Waals surface area contributed by atoms with Gasteiger partial charge in [-0.05, 0) is 12.1 Å². The van der Waals surface area contributed by atoms with Crippen molar-refractivity contribution in [2.75, 3.05) is 7.11 Å². The Morgan fingerprint density at radius 3 is 2.75 bits per heavy atom. The molecule has 16 heavy (non-hydrogen) atoms. The Hall–Kier alpha value is -2.23. The molecule has 1 N–H and O–H groups in total. The van der Waals surface area contributed by atoms with Gasteiger partial charge in [0.1, 0.15) is 11.3 Å². The molecule has 4 nitrogen and oxygen atoms in total. The Labute approximate surface area is 92.1 Å². The number of aromatic carboxylic acids is 1. The van der Waals surface area contributed by atoms with Gasteiger partial charge in [-0.25, -0.2) is 4.79 Å². The molecule has 0 radical (unpaired) electrons. The van der Waals surface area contributed by atoms with E-state index >= 15 is 0 Å². The molecule has 4 heteroatoms. The van der Waals surface area contributed by atoms with Crippen LogP contribution < -0.4 is 4.74 Å². The summed E-state index contributed by atoms with van der Waals surface area (Å²) in [5, 5.41) is 9.02. The quantitative estimate of drug-likeness (QED) is 0.860. The minimum atomic E-state index is -1.01. The van der Waals surface area contributed by atoms with Gasteiger partial charge in [0.05, 0.1) is 19.6 Å². The van der Waals surface area contributed by atoms with Crippen LogP contribution in [0.15, 0.2) is 41.2 Å². The van der Waals surface area contributed by atoms with Crippen LogP contribution in [0.3, 0.4) is 0 Å². The van der Waals surface area contributed by atoms with Crippen LogP contribution in [0.5, 0.6) is 5.75 Å². The van der Waals surface area contributed by atoms with Gasteiger partial charge in [0.25, 0.3) is 0 Å². The first-order valence-electron chi connectivity index (χ1n) is 4.67. The van der Waals surface area contributed by atoms with Crippen LogP contribution in [-0.4, -0.2) is 18.2 Å². The van der Waals surface area contributed by atoms with Gasteiger partial charge in [0, 0.05) is 11.1 Å². The van der Waals surface area contributed by atoms with Crippen LogP contribution in [0.2, 0.25) is 0 Å². The van der Waals surface area contributed by atoms with E-state index in [1.54, 1.807) is 24.5 Å². The van der Waals surface area contributed by atoms with Gasteiger partial charge in [-0.15, -0.1) is 0 Å². The topological polar surface area (TPSA) is 59.7 Å². The smallest absolute Gasteiger partial charge is 0.339 e. The molecule has 0 spiro atoms. The molecule has 0 aliphatic heterocycles. The number of hydrogen-bond donors (Lipinski definition) is 1. The number of methoxy groups -OCH3 is 1. The average molecular weight is 218 g/mol. The van der Waals surface area contributed by atoms with E-state index in [4.69, 9.17) is 14.3 Å². The lowest BCUT2D eigenvalue weighted by molar-refractivity contribution is 0.0693. The highest BCUT2D eigenvalue weighted by Crippen LogP contribution is 2.33. The van der Waals surface area contributed by atoms with Gasteiger partial charge >= 0.3 is 5.97 Å². The molecule has 0 fully saturated rings. The van der Waals surface area contributed by atoms with Crippen molar-refractivity contribution in [1.82, 2.24) is 0 Å². The number of benzene rings is 1. The van der Waals surface area contributed by atoms with Crippen LogP contribution in [0, 0.1) is 0 Å². The zero-order valence-corrected chi connectivity index (χ0v) is 8.64. The average Bonchev–Trinajstić information content (AvgIpc) is 2.81. The maximum Gasteiger partial charge on any atom is 0.339 e. The molecule has 0 aliphatic rings. The third-order valence-electron chi connectivity index (χ3n) is 2.28. The number of para-hydroxylation sites is 1. The van der Waals surface area contributed by atoms with Crippen molar-refractivity contribution >= 4 is 5.97 Å². The summed E-state index contributed by atoms with van der Waals surface area (Å²) in [6, 6.07) is 6.72. The molecule has 0 amide bonds. The van der Waals surface area contributed by atoms with Crippen molar-refractivity contribution < 1.29 is 19.1 Å². The summed E-state index contributed by atoms with van der Waals surface area (Å²) in [7, 11) is 1.45. The van der Waals surface area contributed by atoms with E-state index in [0.29, 0.717) is 11.3 Å². The predicted octanol–water partition coefficient (Wildman–Crippen LogP) is 2.65. The van der Waals surface area contributed by atoms with Crippen LogP contribution in [0.25, 0.3) is 11.1 Å². The van der Waals surface area contributed by atoms with Crippen LogP contribution in [0.1, 0.15) is 10.4 Å². The molecule has 2 rings (SSSR count). The lowest BCUT2D eigenvalue weighted by atomic mass is 10.0. The van der Waals surface area contributed by atoms with E-state index in [1.807, 2.05) is 0 Å². The van der Waals surface area contributed by atoms with Crippen molar-refractivity contribution in [2.24, 2.45) is 0 Å². The largest absolute Gasteiger partial charge is 0.495 e. The number of carbonyl (C=O) groups is 1. The first-order chi connectivity index (χ1) is 7.74. The minimum Gasteiger partial charge on any atom is -0.495 e. The van der Waals surface area contributed by atoms with E-state index in [2.05, 4.69) is 0 Å². The third kappa shape index (κ3) is 1.65. The van der Waals surface area contributed by atoms with Crippen LogP contribution in [-0.2, 0) is 0 Å². The molecule has 1 aromatic carbocycles.